The molecular weight excluding hydrogens is 366 g/mol. The molecule has 0 atom stereocenters. The van der Waals surface area contributed by atoms with Crippen molar-refractivity contribution in [2.75, 3.05) is 7.11 Å². The van der Waals surface area contributed by atoms with E-state index in [1.165, 1.54) is 5.56 Å². The van der Waals surface area contributed by atoms with Crippen LogP contribution >= 0.6 is 15.9 Å². The van der Waals surface area contributed by atoms with Gasteiger partial charge in [0.2, 0.25) is 5.88 Å². The molecule has 3 nitrogen and oxygen atoms in total. The Morgan fingerprint density at radius 1 is 0.833 bits per heavy atom. The highest BCUT2D eigenvalue weighted by molar-refractivity contribution is 9.10. The van der Waals surface area contributed by atoms with Crippen LogP contribution in [0.3, 0.4) is 0 Å². The van der Waals surface area contributed by atoms with Crippen LogP contribution in [0, 0.1) is 0 Å². The van der Waals surface area contributed by atoms with Gasteiger partial charge in [0.15, 0.2) is 0 Å². The summed E-state index contributed by atoms with van der Waals surface area (Å²) in [5, 5.41) is 0. The van der Waals surface area contributed by atoms with Crippen LogP contribution in [0.15, 0.2) is 71.3 Å². The first-order valence-corrected chi connectivity index (χ1v) is 8.56. The van der Waals surface area contributed by atoms with Crippen LogP contribution in [-0.2, 0) is 12.8 Å². The topological polar surface area (TPSA) is 31.4 Å². The first-order valence-electron chi connectivity index (χ1n) is 7.76. The largest absolute Gasteiger partial charge is 0.496 e. The van der Waals surface area contributed by atoms with Crippen molar-refractivity contribution in [2.45, 2.75) is 12.8 Å². The lowest BCUT2D eigenvalue weighted by atomic mass is 10.0. The third-order valence-electron chi connectivity index (χ3n) is 3.72. The molecular formula is C20H18BrNO2. The van der Waals surface area contributed by atoms with E-state index in [-0.39, 0.29) is 0 Å². The second kappa shape index (κ2) is 7.97. The van der Waals surface area contributed by atoms with Gasteiger partial charge in [-0.25, -0.2) is 4.98 Å². The van der Waals surface area contributed by atoms with Crippen LogP contribution in [0.2, 0.25) is 0 Å². The van der Waals surface area contributed by atoms with Gasteiger partial charge >= 0.3 is 0 Å². The molecule has 122 valence electrons. The predicted molar refractivity (Wildman–Crippen MR) is 98.9 cm³/mol. The molecule has 3 aromatic rings. The maximum Gasteiger partial charge on any atom is 0.223 e. The summed E-state index contributed by atoms with van der Waals surface area (Å²) in [6, 6.07) is 21.8. The van der Waals surface area contributed by atoms with E-state index in [1.807, 2.05) is 60.7 Å². The van der Waals surface area contributed by atoms with Gasteiger partial charge in [-0.3, -0.25) is 0 Å². The van der Waals surface area contributed by atoms with Crippen LogP contribution in [0.1, 0.15) is 11.1 Å². The summed E-state index contributed by atoms with van der Waals surface area (Å²) in [4.78, 5) is 4.49. The first kappa shape index (κ1) is 16.5. The smallest absolute Gasteiger partial charge is 0.223 e. The van der Waals surface area contributed by atoms with Crippen LogP contribution in [0.5, 0.6) is 17.4 Å². The van der Waals surface area contributed by atoms with Crippen molar-refractivity contribution in [3.05, 3.63) is 82.5 Å². The van der Waals surface area contributed by atoms with Gasteiger partial charge in [-0.2, -0.15) is 0 Å². The molecule has 24 heavy (non-hydrogen) atoms. The van der Waals surface area contributed by atoms with Gasteiger partial charge in [-0.05, 0) is 58.6 Å². The Balaban J connectivity index is 1.80. The maximum absolute atomic E-state index is 5.96. The molecule has 0 N–H and O–H groups in total. The Morgan fingerprint density at radius 2 is 1.54 bits per heavy atom. The minimum atomic E-state index is 0.630. The highest BCUT2D eigenvalue weighted by Gasteiger charge is 2.10. The second-order valence-corrected chi connectivity index (χ2v) is 6.14. The van der Waals surface area contributed by atoms with Crippen LogP contribution < -0.4 is 9.47 Å². The number of nitrogens with zero attached hydrogens (tertiary/aromatic N) is 1. The van der Waals surface area contributed by atoms with Crippen molar-refractivity contribution < 1.29 is 9.47 Å². The highest BCUT2D eigenvalue weighted by Crippen LogP contribution is 2.27. The third kappa shape index (κ3) is 4.15. The summed E-state index contributed by atoms with van der Waals surface area (Å²) in [7, 11) is 1.70. The van der Waals surface area contributed by atoms with Crippen molar-refractivity contribution in [3.8, 4) is 17.4 Å². The number of halogens is 1. The molecule has 4 heteroatoms. The summed E-state index contributed by atoms with van der Waals surface area (Å²) < 4.78 is 12.1. The summed E-state index contributed by atoms with van der Waals surface area (Å²) in [5.74, 6) is 2.32. The maximum atomic E-state index is 5.96. The van der Waals surface area contributed by atoms with E-state index in [0.29, 0.717) is 5.88 Å². The molecule has 0 bridgehead atoms. The molecule has 1 heterocycles. The molecule has 0 aliphatic carbocycles. The third-order valence-corrected chi connectivity index (χ3v) is 4.16. The Hall–Kier alpha value is -2.33. The van der Waals surface area contributed by atoms with Crippen molar-refractivity contribution in [3.63, 3.8) is 0 Å². The first-order chi connectivity index (χ1) is 11.8. The van der Waals surface area contributed by atoms with Gasteiger partial charge < -0.3 is 9.47 Å². The number of aryl methyl sites for hydroxylation is 2. The Labute approximate surface area is 150 Å². The number of aromatic nitrogens is 1. The second-order valence-electron chi connectivity index (χ2n) is 5.33. The van der Waals surface area contributed by atoms with E-state index >= 15 is 0 Å². The molecule has 0 unspecified atom stereocenters. The number of benzene rings is 2. The van der Waals surface area contributed by atoms with Gasteiger partial charge in [0.25, 0.3) is 0 Å². The fourth-order valence-corrected chi connectivity index (χ4v) is 2.80. The van der Waals surface area contributed by atoms with Crippen molar-refractivity contribution >= 4 is 15.9 Å². The van der Waals surface area contributed by atoms with Gasteiger partial charge in [0.1, 0.15) is 16.1 Å². The molecule has 0 aliphatic heterocycles. The quantitative estimate of drug-likeness (QED) is 0.531. The van der Waals surface area contributed by atoms with Gasteiger partial charge in [0.05, 0.1) is 7.11 Å². The molecule has 0 fully saturated rings. The van der Waals surface area contributed by atoms with E-state index in [1.54, 1.807) is 7.11 Å². The van der Waals surface area contributed by atoms with Crippen LogP contribution in [-0.4, -0.2) is 12.1 Å². The SMILES string of the molecule is COc1ccccc1CCc1ccc(Br)nc1Oc1ccccc1. The van der Waals surface area contributed by atoms with Crippen molar-refractivity contribution in [1.29, 1.82) is 0 Å². The number of hydrogen-bond donors (Lipinski definition) is 0. The molecule has 2 aromatic carbocycles. The van der Waals surface area contributed by atoms with Crippen molar-refractivity contribution in [2.24, 2.45) is 0 Å². The molecule has 0 amide bonds. The average Bonchev–Trinajstić information content (AvgIpc) is 2.62. The molecule has 0 saturated heterocycles. The molecule has 1 aromatic heterocycles. The summed E-state index contributed by atoms with van der Waals surface area (Å²) in [5.41, 5.74) is 2.24. The molecule has 0 radical (unpaired) electrons. The zero-order chi connectivity index (χ0) is 16.8. The molecule has 3 rings (SSSR count). The lowest BCUT2D eigenvalue weighted by molar-refractivity contribution is 0.409. The van der Waals surface area contributed by atoms with E-state index in [9.17, 15) is 0 Å². The van der Waals surface area contributed by atoms with E-state index in [2.05, 4.69) is 27.0 Å². The Morgan fingerprint density at radius 3 is 2.33 bits per heavy atom. The number of methoxy groups -OCH3 is 1. The Kier molecular flexibility index (Phi) is 5.49. The van der Waals surface area contributed by atoms with Crippen LogP contribution in [0.4, 0.5) is 0 Å². The fourth-order valence-electron chi connectivity index (χ4n) is 2.50. The zero-order valence-corrected chi connectivity index (χ0v) is 15.0. The van der Waals surface area contributed by atoms with E-state index in [4.69, 9.17) is 9.47 Å². The summed E-state index contributed by atoms with van der Waals surface area (Å²) >= 11 is 3.42. The minimum Gasteiger partial charge on any atom is -0.496 e. The van der Waals surface area contributed by atoms with E-state index < -0.39 is 0 Å². The predicted octanol–water partition coefficient (Wildman–Crippen LogP) is 5.43. The summed E-state index contributed by atoms with van der Waals surface area (Å²) in [6.07, 6.45) is 1.68. The molecule has 0 spiro atoms. The lowest BCUT2D eigenvalue weighted by Gasteiger charge is -2.12. The summed E-state index contributed by atoms with van der Waals surface area (Å²) in [6.45, 7) is 0. The lowest BCUT2D eigenvalue weighted by Crippen LogP contribution is -1.99. The van der Waals surface area contributed by atoms with Crippen molar-refractivity contribution in [1.82, 2.24) is 4.98 Å². The monoisotopic (exact) mass is 383 g/mol. The average molecular weight is 384 g/mol. The number of rotatable bonds is 6. The van der Waals surface area contributed by atoms with Gasteiger partial charge in [-0.1, -0.05) is 42.5 Å². The number of para-hydroxylation sites is 2. The molecule has 0 saturated carbocycles. The molecule has 0 aliphatic rings. The Bertz CT molecular complexity index is 806. The number of hydrogen-bond acceptors (Lipinski definition) is 3. The van der Waals surface area contributed by atoms with Gasteiger partial charge in [-0.15, -0.1) is 0 Å². The standard InChI is InChI=1S/C20H18BrNO2/c1-23-18-10-6-5-7-15(18)11-12-16-13-14-19(21)22-20(16)24-17-8-3-2-4-9-17/h2-10,13-14H,11-12H2,1H3. The van der Waals surface area contributed by atoms with E-state index in [0.717, 1.165) is 34.5 Å². The fraction of sp³-hybridized carbons (Fsp3) is 0.150. The van der Waals surface area contributed by atoms with Crippen LogP contribution in [0.25, 0.3) is 0 Å². The zero-order valence-electron chi connectivity index (χ0n) is 13.4. The van der Waals surface area contributed by atoms with Gasteiger partial charge in [0, 0.05) is 5.56 Å². The highest BCUT2D eigenvalue weighted by atomic mass is 79.9. The number of ether oxygens (including phenoxy) is 2. The minimum absolute atomic E-state index is 0.630. The normalized spacial score (nSPS) is 10.4. The number of pyridine rings is 1.